The zero-order chi connectivity index (χ0) is 21.7. The van der Waals surface area contributed by atoms with Crippen LogP contribution in [-0.2, 0) is 16.4 Å². The summed E-state index contributed by atoms with van der Waals surface area (Å²) in [4.78, 5) is 2.19. The van der Waals surface area contributed by atoms with Gasteiger partial charge in [0.25, 0.3) is 0 Å². The van der Waals surface area contributed by atoms with E-state index in [0.29, 0.717) is 43.1 Å². The number of aromatic amines is 1. The molecule has 1 aromatic heterocycles. The van der Waals surface area contributed by atoms with Crippen LogP contribution >= 0.6 is 0 Å². The second-order valence-corrected chi connectivity index (χ2v) is 9.23. The SMILES string of the molecule is C[C@H](CN)NCCc1ccc(N2CCC(CN)CC2)c(-c2nn[nH]n2)c1S(N)(=O)=O. The van der Waals surface area contributed by atoms with E-state index in [2.05, 4.69) is 30.8 Å². The number of hydrogen-bond acceptors (Lipinski definition) is 9. The average Bonchev–Trinajstić information content (AvgIpc) is 3.27. The molecule has 12 heteroatoms. The molecule has 30 heavy (non-hydrogen) atoms. The maximum absolute atomic E-state index is 12.7. The lowest BCUT2D eigenvalue weighted by Crippen LogP contribution is -2.37. The molecule has 166 valence electrons. The Balaban J connectivity index is 2.04. The van der Waals surface area contributed by atoms with E-state index in [4.69, 9.17) is 16.6 Å². The number of nitrogens with zero attached hydrogens (tertiary/aromatic N) is 4. The highest BCUT2D eigenvalue weighted by molar-refractivity contribution is 7.89. The van der Waals surface area contributed by atoms with Crippen molar-refractivity contribution in [2.24, 2.45) is 22.5 Å². The second-order valence-electron chi connectivity index (χ2n) is 7.74. The van der Waals surface area contributed by atoms with Crippen molar-refractivity contribution < 1.29 is 8.42 Å². The smallest absolute Gasteiger partial charge is 0.239 e. The van der Waals surface area contributed by atoms with Gasteiger partial charge in [0.1, 0.15) is 0 Å². The Morgan fingerprint density at radius 2 is 2.03 bits per heavy atom. The van der Waals surface area contributed by atoms with Crippen LogP contribution in [0.5, 0.6) is 0 Å². The summed E-state index contributed by atoms with van der Waals surface area (Å²) in [6.45, 7) is 5.22. The molecular formula is C18H31N9O2S. The van der Waals surface area contributed by atoms with Gasteiger partial charge in [-0.15, -0.1) is 10.2 Å². The molecule has 11 nitrogen and oxygen atoms in total. The predicted molar refractivity (Wildman–Crippen MR) is 115 cm³/mol. The molecule has 0 spiro atoms. The monoisotopic (exact) mass is 437 g/mol. The van der Waals surface area contributed by atoms with E-state index in [9.17, 15) is 8.42 Å². The molecule has 0 amide bonds. The van der Waals surface area contributed by atoms with Gasteiger partial charge < -0.3 is 21.7 Å². The number of hydrogen-bond donors (Lipinski definition) is 5. The summed E-state index contributed by atoms with van der Waals surface area (Å²) in [5.74, 6) is 0.683. The zero-order valence-corrected chi connectivity index (χ0v) is 18.0. The molecule has 3 rings (SSSR count). The number of aromatic nitrogens is 4. The van der Waals surface area contributed by atoms with Gasteiger partial charge in [-0.05, 0) is 62.0 Å². The summed E-state index contributed by atoms with van der Waals surface area (Å²) in [5, 5.41) is 23.1. The van der Waals surface area contributed by atoms with Crippen LogP contribution in [0.15, 0.2) is 17.0 Å². The standard InChI is InChI=1S/C18H31N9O2S/c1-12(10-19)22-7-4-14-2-3-15(27-8-5-13(11-20)6-9-27)16(17(14)30(21,28)29)18-23-25-26-24-18/h2-3,12-13,22H,4-11,19-20H2,1H3,(H2,21,28,29)(H,23,24,25,26)/t12-/m1/s1. The van der Waals surface area contributed by atoms with Gasteiger partial charge in [0, 0.05) is 31.4 Å². The lowest BCUT2D eigenvalue weighted by Gasteiger charge is -2.34. The van der Waals surface area contributed by atoms with Gasteiger partial charge >= 0.3 is 0 Å². The number of anilines is 1. The first-order valence-electron chi connectivity index (χ1n) is 10.2. The van der Waals surface area contributed by atoms with Gasteiger partial charge in [-0.1, -0.05) is 6.07 Å². The number of rotatable bonds is 9. The number of tetrazole rings is 1. The fourth-order valence-corrected chi connectivity index (χ4v) is 4.85. The van der Waals surface area contributed by atoms with Crippen molar-refractivity contribution in [2.75, 3.05) is 37.6 Å². The van der Waals surface area contributed by atoms with E-state index in [0.717, 1.165) is 31.6 Å². The van der Waals surface area contributed by atoms with Crippen LogP contribution in [0.4, 0.5) is 5.69 Å². The van der Waals surface area contributed by atoms with Crippen molar-refractivity contribution in [3.8, 4) is 11.4 Å². The quantitative estimate of drug-likeness (QED) is 0.334. The third-order valence-corrected chi connectivity index (χ3v) is 6.64. The third-order valence-electron chi connectivity index (χ3n) is 5.60. The Bertz CT molecular complexity index is 925. The fourth-order valence-electron chi connectivity index (χ4n) is 3.83. The maximum atomic E-state index is 12.7. The Hall–Kier alpha value is -2.12. The van der Waals surface area contributed by atoms with E-state index < -0.39 is 10.0 Å². The van der Waals surface area contributed by atoms with Crippen LogP contribution in [0.25, 0.3) is 11.4 Å². The lowest BCUT2D eigenvalue weighted by molar-refractivity contribution is 0.414. The molecule has 2 heterocycles. The first-order chi connectivity index (χ1) is 14.3. The highest BCUT2D eigenvalue weighted by Gasteiger charge is 2.29. The van der Waals surface area contributed by atoms with E-state index in [1.165, 1.54) is 0 Å². The molecule has 0 unspecified atom stereocenters. The van der Waals surface area contributed by atoms with E-state index in [-0.39, 0.29) is 16.8 Å². The second kappa shape index (κ2) is 9.79. The summed E-state index contributed by atoms with van der Waals surface area (Å²) < 4.78 is 25.3. The number of nitrogens with one attached hydrogen (secondary N) is 2. The lowest BCUT2D eigenvalue weighted by atomic mass is 9.95. The number of primary sulfonamides is 1. The summed E-state index contributed by atoms with van der Waals surface area (Å²) in [5.41, 5.74) is 13.2. The van der Waals surface area contributed by atoms with Crippen molar-refractivity contribution in [3.05, 3.63) is 17.7 Å². The van der Waals surface area contributed by atoms with Crippen LogP contribution < -0.4 is 26.8 Å². The van der Waals surface area contributed by atoms with Crippen molar-refractivity contribution in [1.29, 1.82) is 0 Å². The molecule has 1 aliphatic heterocycles. The maximum Gasteiger partial charge on any atom is 0.239 e. The molecule has 0 saturated carbocycles. The van der Waals surface area contributed by atoms with Gasteiger partial charge in [-0.2, -0.15) is 5.21 Å². The predicted octanol–water partition coefficient (Wildman–Crippen LogP) is -0.831. The van der Waals surface area contributed by atoms with Gasteiger partial charge in [-0.3, -0.25) is 0 Å². The average molecular weight is 438 g/mol. The van der Waals surface area contributed by atoms with Crippen molar-refractivity contribution in [2.45, 2.75) is 37.1 Å². The molecule has 1 saturated heterocycles. The Labute approximate surface area is 176 Å². The number of benzene rings is 1. The van der Waals surface area contributed by atoms with Crippen molar-refractivity contribution in [1.82, 2.24) is 25.9 Å². The zero-order valence-electron chi connectivity index (χ0n) is 17.2. The van der Waals surface area contributed by atoms with Crippen LogP contribution in [0, 0.1) is 5.92 Å². The minimum atomic E-state index is -4.04. The van der Waals surface area contributed by atoms with Crippen molar-refractivity contribution in [3.63, 3.8) is 0 Å². The normalized spacial score (nSPS) is 16.7. The first kappa shape index (κ1) is 22.6. The summed E-state index contributed by atoms with van der Waals surface area (Å²) in [7, 11) is -4.04. The molecule has 2 aromatic rings. The molecular weight excluding hydrogens is 406 g/mol. The van der Waals surface area contributed by atoms with Crippen LogP contribution in [0.2, 0.25) is 0 Å². The highest BCUT2D eigenvalue weighted by Crippen LogP contribution is 2.38. The van der Waals surface area contributed by atoms with Gasteiger partial charge in [0.15, 0.2) is 0 Å². The Kier molecular flexibility index (Phi) is 7.36. The third kappa shape index (κ3) is 5.13. The molecule has 1 aliphatic rings. The molecule has 1 fully saturated rings. The molecule has 0 radical (unpaired) electrons. The summed E-state index contributed by atoms with van der Waals surface area (Å²) in [6.07, 6.45) is 2.35. The van der Waals surface area contributed by atoms with Crippen LogP contribution in [0.3, 0.4) is 0 Å². The minimum Gasteiger partial charge on any atom is -0.371 e. The van der Waals surface area contributed by atoms with E-state index in [1.807, 2.05) is 19.1 Å². The fraction of sp³-hybridized carbons (Fsp3) is 0.611. The Morgan fingerprint density at radius 3 is 2.60 bits per heavy atom. The van der Waals surface area contributed by atoms with Gasteiger partial charge in [0.2, 0.25) is 15.8 Å². The van der Waals surface area contributed by atoms with Crippen LogP contribution in [0.1, 0.15) is 25.3 Å². The van der Waals surface area contributed by atoms with Gasteiger partial charge in [0.05, 0.1) is 10.5 Å². The molecule has 8 N–H and O–H groups in total. The van der Waals surface area contributed by atoms with Crippen LogP contribution in [-0.4, -0.2) is 67.8 Å². The van der Waals surface area contributed by atoms with E-state index >= 15 is 0 Å². The minimum absolute atomic E-state index is 0.0459. The summed E-state index contributed by atoms with van der Waals surface area (Å²) >= 11 is 0. The Morgan fingerprint density at radius 1 is 1.30 bits per heavy atom. The number of H-pyrrole nitrogens is 1. The number of piperidine rings is 1. The summed E-state index contributed by atoms with van der Waals surface area (Å²) in [6, 6.07) is 3.87. The molecule has 0 aliphatic carbocycles. The van der Waals surface area contributed by atoms with Crippen molar-refractivity contribution >= 4 is 15.7 Å². The number of sulfonamides is 1. The molecule has 0 bridgehead atoms. The molecule has 1 aromatic carbocycles. The first-order valence-corrected chi connectivity index (χ1v) is 11.7. The number of nitrogens with two attached hydrogens (primary N) is 3. The molecule has 1 atom stereocenters. The van der Waals surface area contributed by atoms with E-state index in [1.54, 1.807) is 0 Å². The van der Waals surface area contributed by atoms with Gasteiger partial charge in [-0.25, -0.2) is 13.6 Å². The highest BCUT2D eigenvalue weighted by atomic mass is 32.2. The topological polar surface area (TPSA) is 182 Å². The largest absolute Gasteiger partial charge is 0.371 e.